The molecule has 0 atom stereocenters. The monoisotopic (exact) mass is 430 g/mol. The number of hydrogen-bond acceptors (Lipinski definition) is 5. The lowest BCUT2D eigenvalue weighted by Crippen LogP contribution is -2.36. The van der Waals surface area contributed by atoms with Gasteiger partial charge in [-0.05, 0) is 70.0 Å². The Bertz CT molecular complexity index is 1010. The molecule has 2 heterocycles. The van der Waals surface area contributed by atoms with Crippen LogP contribution in [-0.4, -0.2) is 36.0 Å². The zero-order valence-corrected chi connectivity index (χ0v) is 19.1. The molecule has 0 saturated heterocycles. The van der Waals surface area contributed by atoms with Crippen LogP contribution in [0.5, 0.6) is 11.5 Å². The highest BCUT2D eigenvalue weighted by Gasteiger charge is 2.30. The van der Waals surface area contributed by atoms with Crippen LogP contribution < -0.4 is 9.47 Å². The minimum atomic E-state index is -3.74. The van der Waals surface area contributed by atoms with E-state index in [1.54, 1.807) is 12.1 Å². The minimum absolute atomic E-state index is 0.0455. The van der Waals surface area contributed by atoms with Crippen molar-refractivity contribution in [2.75, 3.05) is 6.61 Å². The fraction of sp³-hybridized carbons (Fsp3) is 0.435. The van der Waals surface area contributed by atoms with Gasteiger partial charge in [0.05, 0.1) is 6.61 Å². The number of rotatable bonds is 8. The fourth-order valence-electron chi connectivity index (χ4n) is 3.26. The molecule has 162 valence electrons. The van der Waals surface area contributed by atoms with Gasteiger partial charge in [0, 0.05) is 24.3 Å². The highest BCUT2D eigenvalue weighted by atomic mass is 32.2. The molecule has 1 aliphatic heterocycles. The van der Waals surface area contributed by atoms with Crippen molar-refractivity contribution in [3.05, 3.63) is 53.7 Å². The summed E-state index contributed by atoms with van der Waals surface area (Å²) in [4.78, 5) is 4.05. The molecule has 0 amide bonds. The van der Waals surface area contributed by atoms with E-state index in [4.69, 9.17) is 9.47 Å². The summed E-state index contributed by atoms with van der Waals surface area (Å²) in [6.45, 7) is 10.5. The first-order valence-electron chi connectivity index (χ1n) is 10.2. The lowest BCUT2D eigenvalue weighted by atomic mass is 10.00. The number of hydrogen-bond donors (Lipinski definition) is 0. The Labute approximate surface area is 179 Å². The Kier molecular flexibility index (Phi) is 6.53. The average molecular weight is 431 g/mol. The van der Waals surface area contributed by atoms with Crippen LogP contribution in [0.2, 0.25) is 0 Å². The zero-order valence-electron chi connectivity index (χ0n) is 18.3. The molecule has 2 aromatic rings. The molecular formula is C23H30N2O4S. The molecule has 0 N–H and O–H groups in total. The van der Waals surface area contributed by atoms with E-state index >= 15 is 0 Å². The Hall–Kier alpha value is -2.38. The standard InChI is InChI=1S/C23H30N2O4S/c1-6-13-28-20-15-18(14-19-10-11-23(4,5)29-22(19)20)16-25(17(2)3)30(26,27)21-9-7-8-12-24-21/h7-12,14-15,17H,6,13,16H2,1-5H3. The van der Waals surface area contributed by atoms with Gasteiger partial charge in [0.1, 0.15) is 5.60 Å². The molecule has 30 heavy (non-hydrogen) atoms. The summed E-state index contributed by atoms with van der Waals surface area (Å²) in [6, 6.07) is 8.51. The third kappa shape index (κ3) is 4.84. The minimum Gasteiger partial charge on any atom is -0.490 e. The first-order valence-corrected chi connectivity index (χ1v) is 11.7. The second-order valence-electron chi connectivity index (χ2n) is 8.21. The smallest absolute Gasteiger partial charge is 0.261 e. The predicted octanol–water partition coefficient (Wildman–Crippen LogP) is 4.65. The summed E-state index contributed by atoms with van der Waals surface area (Å²) >= 11 is 0. The molecule has 1 aliphatic rings. The molecular weight excluding hydrogens is 400 g/mol. The van der Waals surface area contributed by atoms with Crippen LogP contribution >= 0.6 is 0 Å². The second kappa shape index (κ2) is 8.78. The van der Waals surface area contributed by atoms with Gasteiger partial charge < -0.3 is 9.47 Å². The van der Waals surface area contributed by atoms with Gasteiger partial charge in [-0.2, -0.15) is 4.31 Å². The van der Waals surface area contributed by atoms with Crippen molar-refractivity contribution in [1.29, 1.82) is 0 Å². The highest BCUT2D eigenvalue weighted by molar-refractivity contribution is 7.89. The molecule has 0 fully saturated rings. The van der Waals surface area contributed by atoms with E-state index < -0.39 is 15.6 Å². The van der Waals surface area contributed by atoms with Crippen molar-refractivity contribution in [3.63, 3.8) is 0 Å². The lowest BCUT2D eigenvalue weighted by molar-refractivity contribution is 0.149. The number of nitrogens with zero attached hydrogens (tertiary/aromatic N) is 2. The van der Waals surface area contributed by atoms with Gasteiger partial charge in [-0.25, -0.2) is 13.4 Å². The number of ether oxygens (including phenoxy) is 2. The Morgan fingerprint density at radius 1 is 1.23 bits per heavy atom. The van der Waals surface area contributed by atoms with Gasteiger partial charge in [-0.3, -0.25) is 0 Å². The molecule has 0 saturated carbocycles. The van der Waals surface area contributed by atoms with Crippen molar-refractivity contribution in [2.24, 2.45) is 0 Å². The SMILES string of the molecule is CCCOc1cc(CN(C(C)C)S(=O)(=O)c2ccccn2)cc2c1OC(C)(C)C=C2. The molecule has 7 heteroatoms. The fourth-order valence-corrected chi connectivity index (χ4v) is 4.82. The van der Waals surface area contributed by atoms with Crippen LogP contribution in [0, 0.1) is 0 Å². The number of aromatic nitrogens is 1. The van der Waals surface area contributed by atoms with Gasteiger partial charge in [0.15, 0.2) is 16.5 Å². The normalized spacial score (nSPS) is 15.2. The molecule has 3 rings (SSSR count). The molecule has 1 aromatic heterocycles. The van der Waals surface area contributed by atoms with Crippen LogP contribution in [-0.2, 0) is 16.6 Å². The van der Waals surface area contributed by atoms with Gasteiger partial charge in [0.2, 0.25) is 0 Å². The first-order chi connectivity index (χ1) is 14.1. The lowest BCUT2D eigenvalue weighted by Gasteiger charge is -2.30. The van der Waals surface area contributed by atoms with Crippen LogP contribution in [0.1, 0.15) is 52.2 Å². The van der Waals surface area contributed by atoms with E-state index in [0.29, 0.717) is 18.1 Å². The molecule has 6 nitrogen and oxygen atoms in total. The molecule has 0 unspecified atom stereocenters. The molecule has 1 aromatic carbocycles. The summed E-state index contributed by atoms with van der Waals surface area (Å²) in [5, 5.41) is 0.0455. The van der Waals surface area contributed by atoms with Gasteiger partial charge in [-0.15, -0.1) is 0 Å². The molecule has 0 bridgehead atoms. The number of benzene rings is 1. The van der Waals surface area contributed by atoms with Gasteiger partial charge in [-0.1, -0.05) is 19.1 Å². The third-order valence-electron chi connectivity index (χ3n) is 4.76. The van der Waals surface area contributed by atoms with E-state index in [1.165, 1.54) is 16.6 Å². The third-order valence-corrected chi connectivity index (χ3v) is 6.70. The quantitative estimate of drug-likeness (QED) is 0.610. The van der Waals surface area contributed by atoms with Crippen molar-refractivity contribution in [1.82, 2.24) is 9.29 Å². The van der Waals surface area contributed by atoms with Gasteiger partial charge in [0.25, 0.3) is 10.0 Å². The Morgan fingerprint density at radius 3 is 2.63 bits per heavy atom. The molecule has 0 spiro atoms. The predicted molar refractivity (Wildman–Crippen MR) is 118 cm³/mol. The Balaban J connectivity index is 2.00. The maximum Gasteiger partial charge on any atom is 0.261 e. The largest absolute Gasteiger partial charge is 0.490 e. The number of fused-ring (bicyclic) bond motifs is 1. The van der Waals surface area contributed by atoms with Crippen LogP contribution in [0.4, 0.5) is 0 Å². The molecule has 0 aliphatic carbocycles. The van der Waals surface area contributed by atoms with Crippen molar-refractivity contribution < 1.29 is 17.9 Å². The van der Waals surface area contributed by atoms with Crippen LogP contribution in [0.3, 0.4) is 0 Å². The van der Waals surface area contributed by atoms with E-state index in [-0.39, 0.29) is 17.6 Å². The van der Waals surface area contributed by atoms with Crippen molar-refractivity contribution in [2.45, 2.75) is 64.3 Å². The van der Waals surface area contributed by atoms with E-state index in [0.717, 1.165) is 17.5 Å². The van der Waals surface area contributed by atoms with Crippen molar-refractivity contribution >= 4 is 16.1 Å². The maximum atomic E-state index is 13.2. The van der Waals surface area contributed by atoms with Crippen molar-refractivity contribution in [3.8, 4) is 11.5 Å². The van der Waals surface area contributed by atoms with E-state index in [9.17, 15) is 8.42 Å². The Morgan fingerprint density at radius 2 is 2.00 bits per heavy atom. The summed E-state index contributed by atoms with van der Waals surface area (Å²) in [7, 11) is -3.74. The van der Waals surface area contributed by atoms with Crippen LogP contribution in [0.25, 0.3) is 6.08 Å². The molecule has 0 radical (unpaired) electrons. The van der Waals surface area contributed by atoms with E-state index in [1.807, 2.05) is 58.9 Å². The second-order valence-corrected chi connectivity index (χ2v) is 10.0. The maximum absolute atomic E-state index is 13.2. The summed E-state index contributed by atoms with van der Waals surface area (Å²) < 4.78 is 40.0. The first kappa shape index (κ1) is 22.3. The highest BCUT2D eigenvalue weighted by Crippen LogP contribution is 2.40. The summed E-state index contributed by atoms with van der Waals surface area (Å²) in [5.74, 6) is 1.34. The summed E-state index contributed by atoms with van der Waals surface area (Å²) in [6.07, 6.45) is 6.36. The summed E-state index contributed by atoms with van der Waals surface area (Å²) in [5.41, 5.74) is 1.29. The zero-order chi connectivity index (χ0) is 21.9. The number of sulfonamides is 1. The number of pyridine rings is 1. The van der Waals surface area contributed by atoms with Gasteiger partial charge >= 0.3 is 0 Å². The topological polar surface area (TPSA) is 68.7 Å². The van der Waals surface area contributed by atoms with E-state index in [2.05, 4.69) is 4.98 Å². The average Bonchev–Trinajstić information content (AvgIpc) is 2.70. The van der Waals surface area contributed by atoms with Crippen LogP contribution in [0.15, 0.2) is 47.6 Å².